The highest BCUT2D eigenvalue weighted by atomic mass is 32.2. The Hall–Kier alpha value is -2.88. The second-order valence-electron chi connectivity index (χ2n) is 11.7. The maximum absolute atomic E-state index is 13.8. The van der Waals surface area contributed by atoms with Crippen molar-refractivity contribution in [3.05, 3.63) is 77.9 Å². The molecule has 2 fully saturated rings. The first kappa shape index (κ1) is 33.5. The Kier molecular flexibility index (Phi) is 10.3. The summed E-state index contributed by atoms with van der Waals surface area (Å²) in [5.41, 5.74) is 8.88. The first-order chi connectivity index (χ1) is 21.5. The molecule has 244 valence electrons. The fourth-order valence-corrected chi connectivity index (χ4v) is 8.48. The van der Waals surface area contributed by atoms with Crippen molar-refractivity contribution in [1.29, 1.82) is 0 Å². The minimum atomic E-state index is -3.70. The molecular weight excluding hydrogens is 617 g/mol. The fourth-order valence-electron chi connectivity index (χ4n) is 6.03. The van der Waals surface area contributed by atoms with Gasteiger partial charge in [0.15, 0.2) is 0 Å². The van der Waals surface area contributed by atoms with Gasteiger partial charge in [-0.15, -0.1) is 0 Å². The topological polar surface area (TPSA) is 160 Å². The number of ether oxygens (including phenoxy) is 2. The predicted octanol–water partition coefficient (Wildman–Crippen LogP) is 2.37. The summed E-state index contributed by atoms with van der Waals surface area (Å²) in [6.45, 7) is 3.75. The molecule has 0 bridgehead atoms. The van der Waals surface area contributed by atoms with Crippen LogP contribution in [0.15, 0.2) is 76.5 Å². The van der Waals surface area contributed by atoms with Crippen molar-refractivity contribution in [1.82, 2.24) is 14.3 Å². The molecule has 0 unspecified atom stereocenters. The summed E-state index contributed by atoms with van der Waals surface area (Å²) in [7, 11) is -5.96. The van der Waals surface area contributed by atoms with E-state index in [0.29, 0.717) is 56.1 Å². The third kappa shape index (κ3) is 7.58. The van der Waals surface area contributed by atoms with E-state index in [1.165, 1.54) is 19.2 Å². The molecule has 2 aliphatic rings. The Balaban J connectivity index is 1.12. The molecule has 0 saturated carbocycles. The number of rotatable bonds is 12. The average molecular weight is 659 g/mol. The SMILES string of the molecule is CNS(=O)(=O)c1cccc(OC[C@@H](O)CN[C@@H]2COC3(CCN(S(=O)(=O)c4cccc(-c5ccc(CN)cc5)c4C)CC3)C2)c1. The van der Waals surface area contributed by atoms with Crippen LogP contribution in [0.2, 0.25) is 0 Å². The number of hydrogen-bond donors (Lipinski definition) is 4. The van der Waals surface area contributed by atoms with Gasteiger partial charge in [0.1, 0.15) is 18.5 Å². The van der Waals surface area contributed by atoms with E-state index >= 15 is 0 Å². The van der Waals surface area contributed by atoms with Crippen molar-refractivity contribution in [3.63, 3.8) is 0 Å². The summed E-state index contributed by atoms with van der Waals surface area (Å²) in [6, 6.07) is 19.4. The largest absolute Gasteiger partial charge is 0.491 e. The number of sulfonamides is 2. The minimum absolute atomic E-state index is 0.0106. The Labute approximate surface area is 265 Å². The van der Waals surface area contributed by atoms with Crippen LogP contribution in [0, 0.1) is 6.92 Å². The first-order valence-electron chi connectivity index (χ1n) is 15.1. The summed E-state index contributed by atoms with van der Waals surface area (Å²) in [4.78, 5) is 0.400. The van der Waals surface area contributed by atoms with Crippen LogP contribution in [-0.2, 0) is 31.3 Å². The van der Waals surface area contributed by atoms with E-state index in [9.17, 15) is 21.9 Å². The molecule has 5 rings (SSSR count). The summed E-state index contributed by atoms with van der Waals surface area (Å²) < 4.78 is 67.3. The van der Waals surface area contributed by atoms with Crippen molar-refractivity contribution in [2.75, 3.05) is 39.9 Å². The van der Waals surface area contributed by atoms with Gasteiger partial charge in [-0.1, -0.05) is 42.5 Å². The lowest BCUT2D eigenvalue weighted by Gasteiger charge is -2.38. The van der Waals surface area contributed by atoms with Crippen molar-refractivity contribution in [2.45, 2.75) is 60.3 Å². The Morgan fingerprint density at radius 3 is 2.47 bits per heavy atom. The van der Waals surface area contributed by atoms with E-state index in [4.69, 9.17) is 15.2 Å². The quantitative estimate of drug-likeness (QED) is 0.229. The molecule has 2 aliphatic heterocycles. The lowest BCUT2D eigenvalue weighted by atomic mass is 9.88. The zero-order valence-corrected chi connectivity index (χ0v) is 27.2. The molecule has 1 spiro atoms. The molecule has 0 amide bonds. The zero-order valence-electron chi connectivity index (χ0n) is 25.6. The van der Waals surface area contributed by atoms with Gasteiger partial charge in [-0.2, -0.15) is 4.31 Å². The van der Waals surface area contributed by atoms with Crippen LogP contribution >= 0.6 is 0 Å². The minimum Gasteiger partial charge on any atom is -0.491 e. The molecule has 2 saturated heterocycles. The normalized spacial score (nSPS) is 19.5. The van der Waals surface area contributed by atoms with Crippen LogP contribution in [-0.4, -0.2) is 83.9 Å². The van der Waals surface area contributed by atoms with Gasteiger partial charge in [0.05, 0.1) is 22.0 Å². The number of nitrogens with two attached hydrogens (primary N) is 1. The van der Waals surface area contributed by atoms with E-state index in [1.54, 1.807) is 28.6 Å². The van der Waals surface area contributed by atoms with Gasteiger partial charge in [0, 0.05) is 38.3 Å². The Morgan fingerprint density at radius 2 is 1.78 bits per heavy atom. The number of nitrogens with one attached hydrogen (secondary N) is 2. The predicted molar refractivity (Wildman–Crippen MR) is 172 cm³/mol. The number of hydrogen-bond acceptors (Lipinski definition) is 9. The van der Waals surface area contributed by atoms with Gasteiger partial charge in [-0.3, -0.25) is 0 Å². The van der Waals surface area contributed by atoms with Gasteiger partial charge < -0.3 is 25.6 Å². The monoisotopic (exact) mass is 658 g/mol. The standard InChI is InChI=1S/C32H42N4O7S2/c1-23-30(25-11-9-24(19-33)10-12-25)7-4-8-31(23)45(40,41)36-15-13-32(14-16-36)18-26(21-43-32)35-20-27(37)22-42-28-5-3-6-29(17-28)44(38,39)34-2/h3-12,17,26-27,34-35,37H,13-16,18-22,33H2,1-2H3/t26-,27-/m0/s1. The van der Waals surface area contributed by atoms with E-state index in [0.717, 1.165) is 22.3 Å². The molecular formula is C32H42N4O7S2. The second kappa shape index (κ2) is 13.9. The Bertz CT molecular complexity index is 1690. The van der Waals surface area contributed by atoms with Gasteiger partial charge in [0.25, 0.3) is 0 Å². The van der Waals surface area contributed by atoms with Gasteiger partial charge in [-0.05, 0) is 73.7 Å². The highest BCUT2D eigenvalue weighted by Gasteiger charge is 2.45. The lowest BCUT2D eigenvalue weighted by molar-refractivity contribution is -0.0312. The molecule has 45 heavy (non-hydrogen) atoms. The molecule has 0 aliphatic carbocycles. The second-order valence-corrected chi connectivity index (χ2v) is 15.5. The maximum Gasteiger partial charge on any atom is 0.243 e. The summed E-state index contributed by atoms with van der Waals surface area (Å²) in [5.74, 6) is 0.346. The summed E-state index contributed by atoms with van der Waals surface area (Å²) in [6.07, 6.45) is 1.06. The van der Waals surface area contributed by atoms with E-state index in [1.807, 2.05) is 37.3 Å². The highest BCUT2D eigenvalue weighted by molar-refractivity contribution is 7.89. The number of piperidine rings is 1. The van der Waals surface area contributed by atoms with Gasteiger partial charge in [-0.25, -0.2) is 21.6 Å². The Morgan fingerprint density at radius 1 is 1.07 bits per heavy atom. The zero-order chi connectivity index (χ0) is 32.2. The molecule has 3 aromatic carbocycles. The molecule has 0 radical (unpaired) electrons. The van der Waals surface area contributed by atoms with Crippen LogP contribution in [0.1, 0.15) is 30.4 Å². The number of aliphatic hydroxyl groups excluding tert-OH is 1. The molecule has 2 atom stereocenters. The third-order valence-electron chi connectivity index (χ3n) is 8.71. The molecule has 3 aromatic rings. The smallest absolute Gasteiger partial charge is 0.243 e. The van der Waals surface area contributed by atoms with Crippen LogP contribution in [0.3, 0.4) is 0 Å². The summed E-state index contributed by atoms with van der Waals surface area (Å²) >= 11 is 0. The van der Waals surface area contributed by atoms with Gasteiger partial charge >= 0.3 is 0 Å². The van der Waals surface area contributed by atoms with Crippen molar-refractivity contribution >= 4 is 20.0 Å². The lowest BCUT2D eigenvalue weighted by Crippen LogP contribution is -2.47. The molecule has 2 heterocycles. The fraction of sp³-hybridized carbons (Fsp3) is 0.438. The highest BCUT2D eigenvalue weighted by Crippen LogP contribution is 2.38. The molecule has 11 nitrogen and oxygen atoms in total. The number of benzene rings is 3. The van der Waals surface area contributed by atoms with E-state index in [-0.39, 0.29) is 24.1 Å². The molecule has 0 aromatic heterocycles. The maximum atomic E-state index is 13.8. The van der Waals surface area contributed by atoms with Gasteiger partial charge in [0.2, 0.25) is 20.0 Å². The van der Waals surface area contributed by atoms with Crippen LogP contribution in [0.4, 0.5) is 0 Å². The van der Waals surface area contributed by atoms with Crippen LogP contribution < -0.4 is 20.5 Å². The number of nitrogens with zero attached hydrogens (tertiary/aromatic N) is 1. The van der Waals surface area contributed by atoms with Crippen molar-refractivity contribution < 1.29 is 31.4 Å². The first-order valence-corrected chi connectivity index (χ1v) is 18.0. The molecule has 13 heteroatoms. The average Bonchev–Trinajstić information content (AvgIpc) is 3.45. The molecule has 5 N–H and O–H groups in total. The van der Waals surface area contributed by atoms with Crippen molar-refractivity contribution in [2.24, 2.45) is 5.73 Å². The van der Waals surface area contributed by atoms with E-state index in [2.05, 4.69) is 10.0 Å². The van der Waals surface area contributed by atoms with Crippen LogP contribution in [0.25, 0.3) is 11.1 Å². The third-order valence-corrected chi connectivity index (χ3v) is 12.2. The van der Waals surface area contributed by atoms with Crippen molar-refractivity contribution in [3.8, 4) is 16.9 Å². The van der Waals surface area contributed by atoms with Crippen LogP contribution in [0.5, 0.6) is 5.75 Å². The summed E-state index contributed by atoms with van der Waals surface area (Å²) in [5, 5.41) is 13.8. The number of aliphatic hydroxyl groups is 1. The van der Waals surface area contributed by atoms with E-state index < -0.39 is 31.8 Å².